The number of piperidine rings is 1. The number of carbonyl (C=O) groups excluding carboxylic acids is 1. The van der Waals surface area contributed by atoms with E-state index >= 15 is 0 Å². The van der Waals surface area contributed by atoms with Crippen LogP contribution in [0.1, 0.15) is 54.8 Å². The number of nitrogens with one attached hydrogen (secondary N) is 1. The van der Waals surface area contributed by atoms with Crippen LogP contribution in [0.2, 0.25) is 0 Å². The molecule has 5 heteroatoms. The topological polar surface area (TPSA) is 52.6 Å². The van der Waals surface area contributed by atoms with Gasteiger partial charge in [0.25, 0.3) is 0 Å². The van der Waals surface area contributed by atoms with Gasteiger partial charge in [0.2, 0.25) is 5.91 Å². The van der Waals surface area contributed by atoms with Crippen molar-refractivity contribution in [3.05, 3.63) is 65.0 Å². The number of halogens is 1. The lowest BCUT2D eigenvalue weighted by Crippen LogP contribution is -2.56. The first-order valence-electron chi connectivity index (χ1n) is 10.9. The molecule has 2 aromatic carbocycles. The fourth-order valence-corrected chi connectivity index (χ4v) is 5.35. The zero-order valence-corrected chi connectivity index (χ0v) is 17.8. The van der Waals surface area contributed by atoms with E-state index in [1.807, 2.05) is 26.0 Å². The molecule has 30 heavy (non-hydrogen) atoms. The Kier molecular flexibility index (Phi) is 5.94. The molecule has 0 bridgehead atoms. The van der Waals surface area contributed by atoms with Gasteiger partial charge in [-0.05, 0) is 62.4 Å². The van der Waals surface area contributed by atoms with Crippen LogP contribution in [0.5, 0.6) is 0 Å². The molecule has 3 atom stereocenters. The van der Waals surface area contributed by atoms with Crippen LogP contribution in [0.3, 0.4) is 0 Å². The van der Waals surface area contributed by atoms with Crippen LogP contribution in [-0.4, -0.2) is 34.6 Å². The number of aliphatic hydroxyl groups is 1. The number of amides is 1. The summed E-state index contributed by atoms with van der Waals surface area (Å²) in [6.45, 7) is 4.93. The van der Waals surface area contributed by atoms with Gasteiger partial charge in [-0.3, -0.25) is 9.69 Å². The number of anilines is 1. The van der Waals surface area contributed by atoms with Crippen LogP contribution >= 0.6 is 0 Å². The molecule has 0 spiro atoms. The number of fused-ring (bicyclic) bond motifs is 1. The number of benzene rings is 2. The molecule has 1 amide bonds. The van der Waals surface area contributed by atoms with Crippen LogP contribution < -0.4 is 5.32 Å². The molecule has 1 heterocycles. The van der Waals surface area contributed by atoms with E-state index in [1.54, 1.807) is 12.1 Å². The zero-order chi connectivity index (χ0) is 21.3. The number of carbonyl (C=O) groups is 1. The van der Waals surface area contributed by atoms with Gasteiger partial charge in [0.15, 0.2) is 0 Å². The Morgan fingerprint density at radius 1 is 1.17 bits per heavy atom. The second kappa shape index (κ2) is 8.48. The monoisotopic (exact) mass is 410 g/mol. The standard InChI is InChI=1S/C25H31FN2O2/c1-17-6-11-22(18(2)15-17)27-23(29)16-28-14-13-25(30)12-4-3-5-21(25)24(28)19-7-9-20(26)10-8-19/h6-11,15,21,24,30H,3-5,12-14,16H2,1-2H3,(H,27,29)/t21-,24+,25+/m0/s1. The van der Waals surface area contributed by atoms with Crippen molar-refractivity contribution in [3.63, 3.8) is 0 Å². The maximum Gasteiger partial charge on any atom is 0.238 e. The minimum Gasteiger partial charge on any atom is -0.389 e. The maximum atomic E-state index is 13.6. The Bertz CT molecular complexity index is 914. The van der Waals surface area contributed by atoms with Gasteiger partial charge in [-0.15, -0.1) is 0 Å². The van der Waals surface area contributed by atoms with Crippen molar-refractivity contribution in [2.24, 2.45) is 5.92 Å². The third-order valence-electron chi connectivity index (χ3n) is 6.89. The molecule has 2 fully saturated rings. The highest BCUT2D eigenvalue weighted by molar-refractivity contribution is 5.93. The van der Waals surface area contributed by atoms with Gasteiger partial charge in [0, 0.05) is 24.2 Å². The van der Waals surface area contributed by atoms with Gasteiger partial charge < -0.3 is 10.4 Å². The summed E-state index contributed by atoms with van der Waals surface area (Å²) < 4.78 is 13.6. The van der Waals surface area contributed by atoms with E-state index in [9.17, 15) is 14.3 Å². The number of hydrogen-bond acceptors (Lipinski definition) is 3. The van der Waals surface area contributed by atoms with Crippen LogP contribution in [0.4, 0.5) is 10.1 Å². The Labute approximate surface area is 178 Å². The largest absolute Gasteiger partial charge is 0.389 e. The Morgan fingerprint density at radius 3 is 2.67 bits per heavy atom. The first kappa shape index (κ1) is 21.0. The molecule has 1 saturated carbocycles. The lowest BCUT2D eigenvalue weighted by atomic mass is 9.66. The first-order valence-corrected chi connectivity index (χ1v) is 10.9. The Morgan fingerprint density at radius 2 is 1.93 bits per heavy atom. The van der Waals surface area contributed by atoms with E-state index in [1.165, 1.54) is 12.1 Å². The molecule has 2 N–H and O–H groups in total. The molecule has 2 aliphatic rings. The number of rotatable bonds is 4. The van der Waals surface area contributed by atoms with Gasteiger partial charge >= 0.3 is 0 Å². The minimum absolute atomic E-state index is 0.0550. The summed E-state index contributed by atoms with van der Waals surface area (Å²) in [6, 6.07) is 12.4. The smallest absolute Gasteiger partial charge is 0.238 e. The van der Waals surface area contributed by atoms with Crippen LogP contribution in [0.25, 0.3) is 0 Å². The van der Waals surface area contributed by atoms with Crippen molar-refractivity contribution in [1.82, 2.24) is 4.90 Å². The molecule has 1 aliphatic carbocycles. The summed E-state index contributed by atoms with van der Waals surface area (Å²) in [5.74, 6) is -0.276. The highest BCUT2D eigenvalue weighted by Gasteiger charge is 2.49. The van der Waals surface area contributed by atoms with E-state index in [4.69, 9.17) is 0 Å². The highest BCUT2D eigenvalue weighted by atomic mass is 19.1. The average Bonchev–Trinajstić information content (AvgIpc) is 2.71. The van der Waals surface area contributed by atoms with Gasteiger partial charge in [0.1, 0.15) is 5.82 Å². The second-order valence-corrected chi connectivity index (χ2v) is 9.04. The fourth-order valence-electron chi connectivity index (χ4n) is 5.35. The predicted molar refractivity (Wildman–Crippen MR) is 117 cm³/mol. The first-order chi connectivity index (χ1) is 14.4. The van der Waals surface area contributed by atoms with E-state index in [-0.39, 0.29) is 30.2 Å². The molecule has 4 rings (SSSR count). The Hall–Kier alpha value is -2.24. The molecule has 160 valence electrons. The van der Waals surface area contributed by atoms with E-state index in [0.29, 0.717) is 13.0 Å². The fraction of sp³-hybridized carbons (Fsp3) is 0.480. The molecule has 4 nitrogen and oxygen atoms in total. The molecule has 0 unspecified atom stereocenters. The summed E-state index contributed by atoms with van der Waals surface area (Å²) >= 11 is 0. The number of aryl methyl sites for hydroxylation is 2. The quantitative estimate of drug-likeness (QED) is 0.765. The molecular weight excluding hydrogens is 379 g/mol. The van der Waals surface area contributed by atoms with Crippen LogP contribution in [-0.2, 0) is 4.79 Å². The second-order valence-electron chi connectivity index (χ2n) is 9.04. The van der Waals surface area contributed by atoms with Gasteiger partial charge in [0.05, 0.1) is 12.1 Å². The zero-order valence-electron chi connectivity index (χ0n) is 17.8. The van der Waals surface area contributed by atoms with E-state index < -0.39 is 5.60 Å². The summed E-state index contributed by atoms with van der Waals surface area (Å²) in [6.07, 6.45) is 4.52. The normalized spacial score (nSPS) is 26.8. The number of nitrogens with zero attached hydrogens (tertiary/aromatic N) is 1. The van der Waals surface area contributed by atoms with Crippen molar-refractivity contribution >= 4 is 11.6 Å². The van der Waals surface area contributed by atoms with Crippen molar-refractivity contribution < 1.29 is 14.3 Å². The van der Waals surface area contributed by atoms with E-state index in [2.05, 4.69) is 16.3 Å². The third-order valence-corrected chi connectivity index (χ3v) is 6.89. The van der Waals surface area contributed by atoms with Crippen molar-refractivity contribution in [1.29, 1.82) is 0 Å². The molecular formula is C25H31FN2O2. The van der Waals surface area contributed by atoms with Crippen molar-refractivity contribution in [3.8, 4) is 0 Å². The van der Waals surface area contributed by atoms with Crippen molar-refractivity contribution in [2.45, 2.75) is 57.6 Å². The minimum atomic E-state index is -0.697. The van der Waals surface area contributed by atoms with Crippen LogP contribution in [0.15, 0.2) is 42.5 Å². The lowest BCUT2D eigenvalue weighted by Gasteiger charge is -2.52. The highest BCUT2D eigenvalue weighted by Crippen LogP contribution is 2.49. The predicted octanol–water partition coefficient (Wildman–Crippen LogP) is 4.75. The summed E-state index contributed by atoms with van der Waals surface area (Å²) in [4.78, 5) is 15.1. The molecule has 1 saturated heterocycles. The lowest BCUT2D eigenvalue weighted by molar-refractivity contribution is -0.135. The van der Waals surface area contributed by atoms with Gasteiger partial charge in [-0.1, -0.05) is 42.7 Å². The SMILES string of the molecule is Cc1ccc(NC(=O)CN2CC[C@]3(O)CCCC[C@H]3[C@H]2c2ccc(F)cc2)c(C)c1. The van der Waals surface area contributed by atoms with Gasteiger partial charge in [-0.25, -0.2) is 4.39 Å². The molecule has 0 aromatic heterocycles. The number of hydrogen-bond donors (Lipinski definition) is 2. The Balaban J connectivity index is 1.57. The summed E-state index contributed by atoms with van der Waals surface area (Å²) in [5.41, 5.74) is 3.31. The van der Waals surface area contributed by atoms with E-state index in [0.717, 1.165) is 48.1 Å². The summed E-state index contributed by atoms with van der Waals surface area (Å²) in [5, 5.41) is 14.4. The van der Waals surface area contributed by atoms with Gasteiger partial charge in [-0.2, -0.15) is 0 Å². The molecule has 0 radical (unpaired) electrons. The molecule has 1 aliphatic heterocycles. The maximum absolute atomic E-state index is 13.6. The van der Waals surface area contributed by atoms with Crippen molar-refractivity contribution in [2.75, 3.05) is 18.4 Å². The molecule has 2 aromatic rings. The van der Waals surface area contributed by atoms with Crippen LogP contribution in [0, 0.1) is 25.6 Å². The average molecular weight is 411 g/mol. The number of likely N-dealkylation sites (tertiary alicyclic amines) is 1. The summed E-state index contributed by atoms with van der Waals surface area (Å²) in [7, 11) is 0. The third kappa shape index (κ3) is 4.28.